The van der Waals surface area contributed by atoms with Crippen LogP contribution in [0.5, 0.6) is 5.75 Å². The van der Waals surface area contributed by atoms with Crippen molar-refractivity contribution in [2.45, 2.75) is 64.1 Å². The minimum atomic E-state index is -0.250. The summed E-state index contributed by atoms with van der Waals surface area (Å²) in [7, 11) is 0. The molecule has 0 radical (unpaired) electrons. The summed E-state index contributed by atoms with van der Waals surface area (Å²) in [6, 6.07) is 4.32. The maximum atomic E-state index is 12.4. The molecule has 2 aliphatic rings. The Hall–Kier alpha value is -1.75. The third kappa shape index (κ3) is 3.29. The van der Waals surface area contributed by atoms with Crippen LogP contribution in [-0.2, 0) is 6.42 Å². The molecule has 3 rings (SSSR count). The molecule has 2 fully saturated rings. The van der Waals surface area contributed by atoms with E-state index in [1.54, 1.807) is 0 Å². The molecular formula is C18H26N2O3. The SMILES string of the molecule is Cc1cc(CCNC(=O)N2C3CCC2CC(O)C3)cc(C)c1O. The second-order valence-corrected chi connectivity index (χ2v) is 6.98. The summed E-state index contributed by atoms with van der Waals surface area (Å²) in [5.74, 6) is 0.348. The molecule has 2 atom stereocenters. The number of amides is 2. The first kappa shape index (κ1) is 16.1. The van der Waals surface area contributed by atoms with Gasteiger partial charge in [0.15, 0.2) is 0 Å². The third-order valence-corrected chi connectivity index (χ3v) is 5.18. The Morgan fingerprint density at radius 3 is 2.35 bits per heavy atom. The molecule has 126 valence electrons. The Bertz CT molecular complexity index is 565. The van der Waals surface area contributed by atoms with Crippen molar-refractivity contribution in [1.82, 2.24) is 10.2 Å². The van der Waals surface area contributed by atoms with E-state index in [1.807, 2.05) is 30.9 Å². The number of aromatic hydroxyl groups is 1. The zero-order chi connectivity index (χ0) is 16.6. The molecule has 2 heterocycles. The molecule has 0 spiro atoms. The monoisotopic (exact) mass is 318 g/mol. The van der Waals surface area contributed by atoms with Crippen LogP contribution in [0, 0.1) is 13.8 Å². The summed E-state index contributed by atoms with van der Waals surface area (Å²) in [5.41, 5.74) is 2.86. The fraction of sp³-hybridized carbons (Fsp3) is 0.611. The van der Waals surface area contributed by atoms with Crippen LogP contribution < -0.4 is 5.32 Å². The van der Waals surface area contributed by atoms with Crippen molar-refractivity contribution in [1.29, 1.82) is 0 Å². The highest BCUT2D eigenvalue weighted by Crippen LogP contribution is 2.35. The third-order valence-electron chi connectivity index (χ3n) is 5.18. The van der Waals surface area contributed by atoms with Crippen LogP contribution in [0.3, 0.4) is 0 Å². The molecule has 1 aromatic carbocycles. The van der Waals surface area contributed by atoms with Crippen molar-refractivity contribution < 1.29 is 15.0 Å². The van der Waals surface area contributed by atoms with E-state index >= 15 is 0 Å². The van der Waals surface area contributed by atoms with Crippen LogP contribution in [-0.4, -0.2) is 45.9 Å². The van der Waals surface area contributed by atoms with Crippen LogP contribution >= 0.6 is 0 Å². The van der Waals surface area contributed by atoms with Gasteiger partial charge in [0.05, 0.1) is 6.10 Å². The standard InChI is InChI=1S/C18H26N2O3/c1-11-7-13(8-12(2)17(11)22)5-6-19-18(23)20-14-3-4-15(20)10-16(21)9-14/h7-8,14-16,21-22H,3-6,9-10H2,1-2H3,(H,19,23). The number of hydrogen-bond acceptors (Lipinski definition) is 3. The lowest BCUT2D eigenvalue weighted by molar-refractivity contribution is 0.0543. The first-order chi connectivity index (χ1) is 11.0. The number of phenols is 1. The minimum Gasteiger partial charge on any atom is -0.507 e. The Morgan fingerprint density at radius 1 is 1.22 bits per heavy atom. The normalized spacial score (nSPS) is 26.4. The molecule has 3 N–H and O–H groups in total. The van der Waals surface area contributed by atoms with Gasteiger partial charge in [-0.3, -0.25) is 0 Å². The molecule has 0 aromatic heterocycles. The van der Waals surface area contributed by atoms with E-state index in [2.05, 4.69) is 5.32 Å². The van der Waals surface area contributed by atoms with Gasteiger partial charge in [-0.25, -0.2) is 4.79 Å². The van der Waals surface area contributed by atoms with Gasteiger partial charge in [0.25, 0.3) is 0 Å². The largest absolute Gasteiger partial charge is 0.507 e. The molecule has 2 aliphatic heterocycles. The molecular weight excluding hydrogens is 292 g/mol. The lowest BCUT2D eigenvalue weighted by Crippen LogP contribution is -2.52. The highest BCUT2D eigenvalue weighted by Gasteiger charge is 2.42. The smallest absolute Gasteiger partial charge is 0.317 e. The Kier molecular flexibility index (Phi) is 4.48. The number of rotatable bonds is 3. The summed E-state index contributed by atoms with van der Waals surface area (Å²) < 4.78 is 0. The van der Waals surface area contributed by atoms with Gasteiger partial charge in [-0.05, 0) is 62.6 Å². The molecule has 0 aliphatic carbocycles. The first-order valence-corrected chi connectivity index (χ1v) is 8.49. The van der Waals surface area contributed by atoms with Crippen LogP contribution in [0.15, 0.2) is 12.1 Å². The lowest BCUT2D eigenvalue weighted by Gasteiger charge is -2.37. The number of aliphatic hydroxyl groups is 1. The zero-order valence-electron chi connectivity index (χ0n) is 13.9. The van der Waals surface area contributed by atoms with Gasteiger partial charge in [-0.1, -0.05) is 12.1 Å². The number of benzene rings is 1. The number of fused-ring (bicyclic) bond motifs is 2. The molecule has 5 heteroatoms. The van der Waals surface area contributed by atoms with E-state index in [0.717, 1.165) is 36.0 Å². The van der Waals surface area contributed by atoms with Crippen LogP contribution in [0.25, 0.3) is 0 Å². The Balaban J connectivity index is 1.54. The highest BCUT2D eigenvalue weighted by atomic mass is 16.3. The highest BCUT2D eigenvalue weighted by molar-refractivity contribution is 5.75. The summed E-state index contributed by atoms with van der Waals surface area (Å²) in [6.07, 6.45) is 3.93. The minimum absolute atomic E-state index is 0.00313. The summed E-state index contributed by atoms with van der Waals surface area (Å²) >= 11 is 0. The number of nitrogens with zero attached hydrogens (tertiary/aromatic N) is 1. The maximum absolute atomic E-state index is 12.4. The van der Waals surface area contributed by atoms with Crippen molar-refractivity contribution in [3.63, 3.8) is 0 Å². The van der Waals surface area contributed by atoms with Crippen molar-refractivity contribution in [2.24, 2.45) is 0 Å². The molecule has 2 bridgehead atoms. The van der Waals surface area contributed by atoms with Gasteiger partial charge in [0.1, 0.15) is 5.75 Å². The number of carbonyl (C=O) groups is 1. The lowest BCUT2D eigenvalue weighted by atomic mass is 10.0. The van der Waals surface area contributed by atoms with Gasteiger partial charge >= 0.3 is 6.03 Å². The number of urea groups is 1. The predicted octanol–water partition coefficient (Wildman–Crippen LogP) is 2.25. The van der Waals surface area contributed by atoms with Crippen LogP contribution in [0.1, 0.15) is 42.4 Å². The molecule has 2 unspecified atom stereocenters. The second kappa shape index (κ2) is 6.40. The van der Waals surface area contributed by atoms with Gasteiger partial charge in [0.2, 0.25) is 0 Å². The van der Waals surface area contributed by atoms with Gasteiger partial charge < -0.3 is 20.4 Å². The fourth-order valence-corrected chi connectivity index (χ4v) is 4.07. The molecule has 0 saturated carbocycles. The number of piperidine rings is 1. The molecule has 2 saturated heterocycles. The zero-order valence-corrected chi connectivity index (χ0v) is 13.9. The maximum Gasteiger partial charge on any atom is 0.317 e. The van der Waals surface area contributed by atoms with Gasteiger partial charge in [0, 0.05) is 18.6 Å². The molecule has 2 amide bonds. The van der Waals surface area contributed by atoms with Crippen molar-refractivity contribution in [3.05, 3.63) is 28.8 Å². The summed E-state index contributed by atoms with van der Waals surface area (Å²) in [4.78, 5) is 14.4. The quantitative estimate of drug-likeness (QED) is 0.800. The Morgan fingerprint density at radius 2 is 1.78 bits per heavy atom. The van der Waals surface area contributed by atoms with E-state index < -0.39 is 0 Å². The fourth-order valence-electron chi connectivity index (χ4n) is 4.07. The van der Waals surface area contributed by atoms with E-state index in [1.165, 1.54) is 0 Å². The van der Waals surface area contributed by atoms with Crippen molar-refractivity contribution in [3.8, 4) is 5.75 Å². The number of carbonyl (C=O) groups excluding carboxylic acids is 1. The van der Waals surface area contributed by atoms with Crippen molar-refractivity contribution in [2.75, 3.05) is 6.54 Å². The van der Waals surface area contributed by atoms with E-state index in [4.69, 9.17) is 0 Å². The van der Waals surface area contributed by atoms with Crippen LogP contribution in [0.2, 0.25) is 0 Å². The second-order valence-electron chi connectivity index (χ2n) is 6.98. The summed E-state index contributed by atoms with van der Waals surface area (Å²) in [6.45, 7) is 4.36. The van der Waals surface area contributed by atoms with Gasteiger partial charge in [-0.2, -0.15) is 0 Å². The Labute approximate surface area is 137 Å². The predicted molar refractivity (Wildman–Crippen MR) is 88.6 cm³/mol. The molecule has 1 aromatic rings. The number of aliphatic hydroxyl groups excluding tert-OH is 1. The molecule has 5 nitrogen and oxygen atoms in total. The summed E-state index contributed by atoms with van der Waals surface area (Å²) in [5, 5.41) is 22.6. The van der Waals surface area contributed by atoms with E-state index in [9.17, 15) is 15.0 Å². The average Bonchev–Trinajstić information content (AvgIpc) is 2.76. The van der Waals surface area contributed by atoms with E-state index in [-0.39, 0.29) is 24.2 Å². The van der Waals surface area contributed by atoms with E-state index in [0.29, 0.717) is 25.1 Å². The molecule has 23 heavy (non-hydrogen) atoms. The number of aryl methyl sites for hydroxylation is 2. The van der Waals surface area contributed by atoms with Crippen LogP contribution in [0.4, 0.5) is 4.79 Å². The van der Waals surface area contributed by atoms with Crippen molar-refractivity contribution >= 4 is 6.03 Å². The first-order valence-electron chi connectivity index (χ1n) is 8.49. The number of hydrogen-bond donors (Lipinski definition) is 3. The number of nitrogens with one attached hydrogen (secondary N) is 1. The number of phenolic OH excluding ortho intramolecular Hbond substituents is 1. The topological polar surface area (TPSA) is 72.8 Å². The van der Waals surface area contributed by atoms with Gasteiger partial charge in [-0.15, -0.1) is 0 Å². The average molecular weight is 318 g/mol.